The first-order valence-corrected chi connectivity index (χ1v) is 16.3. The molecule has 0 bridgehead atoms. The monoisotopic (exact) mass is 890 g/mol. The first kappa shape index (κ1) is 37.7. The zero-order valence-corrected chi connectivity index (χ0v) is 31.1. The van der Waals surface area contributed by atoms with Gasteiger partial charge in [0.05, 0.1) is 28.5 Å². The van der Waals surface area contributed by atoms with Crippen LogP contribution in [0.5, 0.6) is 0 Å². The standard InChI is InChI=1S/C12H18BrN3O2.C6H3BrFNO.C6H4BrN3.C5H3BrFN/c1-11(2)12(3,4)18-10(17-11)8-5-7(13)6-15-9(8)16-14;7-5-1-4(3-10)6(8)9-2-5;7-5-1-4-2-9-10-6(4)8-3-5;6-4-1-2-5(7)8-3-4/h5-6,10H,14H2,1-4H3,(H,15,16);1-3H;1-3H,(H,8,9,10);1-3H. The van der Waals surface area contributed by atoms with Gasteiger partial charge in [0.25, 0.3) is 0 Å². The van der Waals surface area contributed by atoms with E-state index < -0.39 is 18.2 Å². The third kappa shape index (κ3) is 10.6. The number of fused-ring (bicyclic) bond motifs is 1. The van der Waals surface area contributed by atoms with E-state index in [0.717, 1.165) is 30.0 Å². The molecular weight excluding hydrogens is 866 g/mol. The number of hydrogen-bond donors (Lipinski definition) is 3. The molecule has 244 valence electrons. The molecule has 1 saturated heterocycles. The van der Waals surface area contributed by atoms with Gasteiger partial charge in [-0.15, -0.1) is 0 Å². The molecule has 4 N–H and O–H groups in total. The minimum Gasteiger partial charge on any atom is -0.339 e. The Kier molecular flexibility index (Phi) is 13.8. The summed E-state index contributed by atoms with van der Waals surface area (Å²) in [6.07, 6.45) is 7.80. The maximum Gasteiger partial charge on any atom is 0.223 e. The fraction of sp³-hybridized carbons (Fsp3) is 0.241. The van der Waals surface area contributed by atoms with Crippen LogP contribution in [0.3, 0.4) is 0 Å². The summed E-state index contributed by atoms with van der Waals surface area (Å²) in [7, 11) is 0. The molecule has 0 amide bonds. The van der Waals surface area contributed by atoms with E-state index in [1.54, 1.807) is 24.7 Å². The number of carbonyl (C=O) groups is 1. The second-order valence-corrected chi connectivity index (χ2v) is 13.9. The number of hydrazine groups is 1. The smallest absolute Gasteiger partial charge is 0.223 e. The van der Waals surface area contributed by atoms with Gasteiger partial charge in [0.15, 0.2) is 18.2 Å². The molecule has 0 saturated carbocycles. The van der Waals surface area contributed by atoms with Crippen LogP contribution in [0.15, 0.2) is 79.2 Å². The molecule has 0 aromatic carbocycles. The summed E-state index contributed by atoms with van der Waals surface area (Å²) in [5.74, 6) is 4.83. The normalized spacial score (nSPS) is 14.6. The second-order valence-electron chi connectivity index (χ2n) is 10.2. The van der Waals surface area contributed by atoms with Crippen molar-refractivity contribution in [2.75, 3.05) is 5.43 Å². The zero-order valence-electron chi connectivity index (χ0n) is 24.7. The topological polar surface area (TPSA) is 154 Å². The molecule has 0 atom stereocenters. The summed E-state index contributed by atoms with van der Waals surface area (Å²) < 4.78 is 39.5. The number of nitrogens with zero attached hydrogens (tertiary/aromatic N) is 5. The van der Waals surface area contributed by atoms with Crippen molar-refractivity contribution in [2.45, 2.75) is 45.2 Å². The van der Waals surface area contributed by atoms with E-state index in [0.29, 0.717) is 16.6 Å². The molecule has 1 aliphatic heterocycles. The number of pyridine rings is 4. The lowest BCUT2D eigenvalue weighted by Gasteiger charge is -2.30. The number of nitrogens with two attached hydrogens (primary N) is 1. The van der Waals surface area contributed by atoms with Crippen LogP contribution in [0.4, 0.5) is 14.6 Å². The van der Waals surface area contributed by atoms with E-state index in [1.807, 2.05) is 39.8 Å². The molecule has 6 rings (SSSR count). The predicted octanol–water partition coefficient (Wildman–Crippen LogP) is 8.23. The lowest BCUT2D eigenvalue weighted by Crippen LogP contribution is -2.41. The molecule has 6 heterocycles. The SMILES string of the molecule is Brc1cnc2[nH]ncc2c1.CC1(C)OC(c2cc(Br)cnc2NN)OC1(C)C.Fc1ccc(Br)cn1.O=Cc1cc(Br)cnc1F. The minimum absolute atomic E-state index is 0.0330. The Labute approximate surface area is 297 Å². The van der Waals surface area contributed by atoms with E-state index in [-0.39, 0.29) is 16.8 Å². The Hall–Kier alpha value is -2.80. The van der Waals surface area contributed by atoms with Gasteiger partial charge < -0.3 is 14.9 Å². The van der Waals surface area contributed by atoms with Crippen LogP contribution >= 0.6 is 63.7 Å². The van der Waals surface area contributed by atoms with Gasteiger partial charge >= 0.3 is 0 Å². The summed E-state index contributed by atoms with van der Waals surface area (Å²) in [6, 6.07) is 8.12. The highest BCUT2D eigenvalue weighted by molar-refractivity contribution is 9.11. The van der Waals surface area contributed by atoms with Crippen LogP contribution in [-0.2, 0) is 9.47 Å². The zero-order chi connectivity index (χ0) is 34.1. The van der Waals surface area contributed by atoms with Crippen LogP contribution in [0.25, 0.3) is 11.0 Å². The van der Waals surface area contributed by atoms with Crippen molar-refractivity contribution < 1.29 is 23.0 Å². The number of nitrogens with one attached hydrogen (secondary N) is 2. The molecule has 0 radical (unpaired) electrons. The number of halogens is 6. The maximum atomic E-state index is 12.4. The van der Waals surface area contributed by atoms with Gasteiger partial charge in [-0.05, 0) is 122 Å². The number of ether oxygens (including phenoxy) is 2. The van der Waals surface area contributed by atoms with Crippen LogP contribution in [0, 0.1) is 11.9 Å². The fourth-order valence-corrected chi connectivity index (χ4v) is 4.70. The quantitative estimate of drug-likeness (QED) is 0.0699. The molecule has 1 fully saturated rings. The van der Waals surface area contributed by atoms with Gasteiger partial charge in [0.2, 0.25) is 11.9 Å². The van der Waals surface area contributed by atoms with Crippen molar-refractivity contribution in [3.8, 4) is 0 Å². The molecule has 17 heteroatoms. The third-order valence-electron chi connectivity index (χ3n) is 6.44. The van der Waals surface area contributed by atoms with Crippen molar-refractivity contribution in [3.63, 3.8) is 0 Å². The Morgan fingerprint density at radius 2 is 1.41 bits per heavy atom. The summed E-state index contributed by atoms with van der Waals surface area (Å²) in [5.41, 5.74) is 3.37. The van der Waals surface area contributed by atoms with Gasteiger partial charge in [-0.2, -0.15) is 13.9 Å². The Bertz CT molecular complexity index is 1720. The van der Waals surface area contributed by atoms with E-state index in [1.165, 1.54) is 24.5 Å². The number of aromatic amines is 1. The van der Waals surface area contributed by atoms with Gasteiger partial charge in [-0.1, -0.05) is 0 Å². The molecule has 46 heavy (non-hydrogen) atoms. The van der Waals surface area contributed by atoms with Crippen molar-refractivity contribution in [2.24, 2.45) is 5.84 Å². The molecular formula is C29H28Br4F2N8O3. The summed E-state index contributed by atoms with van der Waals surface area (Å²) in [4.78, 5) is 25.0. The van der Waals surface area contributed by atoms with Gasteiger partial charge in [0, 0.05) is 48.1 Å². The van der Waals surface area contributed by atoms with Gasteiger partial charge in [0.1, 0.15) is 5.82 Å². The number of H-pyrrole nitrogens is 1. The Morgan fingerprint density at radius 3 is 1.98 bits per heavy atom. The highest BCUT2D eigenvalue weighted by atomic mass is 79.9. The molecule has 1 aliphatic rings. The minimum atomic E-state index is -0.738. The highest BCUT2D eigenvalue weighted by Crippen LogP contribution is 2.46. The molecule has 0 aliphatic carbocycles. The second kappa shape index (κ2) is 16.9. The van der Waals surface area contributed by atoms with Crippen molar-refractivity contribution in [3.05, 3.63) is 102 Å². The van der Waals surface area contributed by atoms with Crippen LogP contribution in [0.2, 0.25) is 0 Å². The number of hydrogen-bond acceptors (Lipinski definition) is 10. The molecule has 5 aromatic rings. The fourth-order valence-electron chi connectivity index (χ4n) is 3.41. The average Bonchev–Trinajstić information content (AvgIpc) is 3.56. The third-order valence-corrected chi connectivity index (χ3v) is 8.21. The highest BCUT2D eigenvalue weighted by Gasteiger charge is 2.50. The van der Waals surface area contributed by atoms with Crippen LogP contribution in [-0.4, -0.2) is 47.6 Å². The van der Waals surface area contributed by atoms with Gasteiger partial charge in [-0.3, -0.25) is 9.89 Å². The molecule has 0 unspecified atom stereocenters. The number of carbonyl (C=O) groups excluding carboxylic acids is 1. The van der Waals surface area contributed by atoms with Crippen LogP contribution in [0.1, 0.15) is 49.9 Å². The lowest BCUT2D eigenvalue weighted by molar-refractivity contribution is -0.0892. The van der Waals surface area contributed by atoms with E-state index in [2.05, 4.69) is 99.3 Å². The summed E-state index contributed by atoms with van der Waals surface area (Å²) in [5, 5.41) is 7.62. The molecule has 5 aromatic heterocycles. The lowest BCUT2D eigenvalue weighted by atomic mass is 9.90. The van der Waals surface area contributed by atoms with Crippen LogP contribution < -0.4 is 11.3 Å². The first-order valence-electron chi connectivity index (χ1n) is 13.1. The summed E-state index contributed by atoms with van der Waals surface area (Å²) in [6.45, 7) is 8.03. The Balaban J connectivity index is 0.000000177. The number of anilines is 1. The van der Waals surface area contributed by atoms with Crippen molar-refractivity contribution >= 4 is 86.9 Å². The van der Waals surface area contributed by atoms with E-state index in [9.17, 15) is 13.6 Å². The van der Waals surface area contributed by atoms with E-state index in [4.69, 9.17) is 15.3 Å². The molecule has 0 spiro atoms. The molecule has 11 nitrogen and oxygen atoms in total. The number of aldehydes is 1. The number of rotatable bonds is 3. The van der Waals surface area contributed by atoms with Crippen molar-refractivity contribution in [1.82, 2.24) is 30.1 Å². The van der Waals surface area contributed by atoms with E-state index >= 15 is 0 Å². The maximum absolute atomic E-state index is 12.4. The first-order chi connectivity index (χ1) is 21.7. The number of aromatic nitrogens is 6. The van der Waals surface area contributed by atoms with Gasteiger partial charge in [-0.25, -0.2) is 25.8 Å². The summed E-state index contributed by atoms with van der Waals surface area (Å²) >= 11 is 12.9. The average molecular weight is 894 g/mol. The Morgan fingerprint density at radius 1 is 0.826 bits per heavy atom. The van der Waals surface area contributed by atoms with Crippen molar-refractivity contribution in [1.29, 1.82) is 0 Å². The predicted molar refractivity (Wildman–Crippen MR) is 184 cm³/mol. The largest absolute Gasteiger partial charge is 0.339 e. The number of nitrogen functional groups attached to an aromatic ring is 1.